The molecule has 0 saturated carbocycles. The summed E-state index contributed by atoms with van der Waals surface area (Å²) in [6.07, 6.45) is 3.98. The zero-order valence-electron chi connectivity index (χ0n) is 12.5. The van der Waals surface area contributed by atoms with Gasteiger partial charge in [-0.05, 0) is 32.8 Å². The number of hydrogen-bond acceptors (Lipinski definition) is 4. The van der Waals surface area contributed by atoms with Crippen LogP contribution in [-0.2, 0) is 6.54 Å². The molecule has 0 radical (unpaired) electrons. The van der Waals surface area contributed by atoms with Gasteiger partial charge in [-0.2, -0.15) is 5.10 Å². The van der Waals surface area contributed by atoms with Gasteiger partial charge in [0.15, 0.2) is 5.69 Å². The molecule has 6 heteroatoms. The van der Waals surface area contributed by atoms with E-state index >= 15 is 0 Å². The summed E-state index contributed by atoms with van der Waals surface area (Å²) in [5.41, 5.74) is 1.60. The molecule has 1 amide bonds. The lowest BCUT2D eigenvalue weighted by molar-refractivity contribution is 0.0700. The Morgan fingerprint density at radius 1 is 1.52 bits per heavy atom. The van der Waals surface area contributed by atoms with E-state index in [4.69, 9.17) is 0 Å². The first kappa shape index (κ1) is 14.3. The van der Waals surface area contributed by atoms with E-state index in [2.05, 4.69) is 10.1 Å². The summed E-state index contributed by atoms with van der Waals surface area (Å²) in [5.74, 6) is 0.420. The van der Waals surface area contributed by atoms with Crippen LogP contribution in [0.5, 0.6) is 0 Å². The summed E-state index contributed by atoms with van der Waals surface area (Å²) in [6, 6.07) is 1.89. The molecule has 1 saturated heterocycles. The van der Waals surface area contributed by atoms with E-state index in [1.165, 1.54) is 0 Å². The van der Waals surface area contributed by atoms with Crippen molar-refractivity contribution >= 4 is 17.2 Å². The molecule has 5 nitrogen and oxygen atoms in total. The van der Waals surface area contributed by atoms with Gasteiger partial charge < -0.3 is 4.90 Å². The highest BCUT2D eigenvalue weighted by atomic mass is 32.1. The largest absolute Gasteiger partial charge is 0.337 e. The summed E-state index contributed by atoms with van der Waals surface area (Å²) >= 11 is 1.68. The summed E-state index contributed by atoms with van der Waals surface area (Å²) < 4.78 is 1.87. The lowest BCUT2D eigenvalue weighted by Crippen LogP contribution is -2.39. The Hall–Kier alpha value is -1.69. The molecule has 1 aliphatic heterocycles. The molecule has 3 rings (SSSR count). The predicted octanol–water partition coefficient (Wildman–Crippen LogP) is 2.69. The number of nitrogens with zero attached hydrogens (tertiary/aromatic N) is 4. The van der Waals surface area contributed by atoms with Crippen LogP contribution < -0.4 is 0 Å². The Balaban J connectivity index is 1.74. The molecule has 1 fully saturated rings. The molecule has 0 N–H and O–H groups in total. The fourth-order valence-electron chi connectivity index (χ4n) is 2.90. The topological polar surface area (TPSA) is 51.0 Å². The van der Waals surface area contributed by atoms with Crippen LogP contribution in [0.15, 0.2) is 17.6 Å². The number of aryl methyl sites for hydroxylation is 2. The van der Waals surface area contributed by atoms with Crippen molar-refractivity contribution in [2.24, 2.45) is 0 Å². The van der Waals surface area contributed by atoms with Crippen molar-refractivity contribution in [2.75, 3.05) is 13.1 Å². The number of hydrogen-bond donors (Lipinski definition) is 0. The number of carbonyl (C=O) groups excluding carboxylic acids is 1. The molecule has 1 atom stereocenters. The predicted molar refractivity (Wildman–Crippen MR) is 82.6 cm³/mol. The quantitative estimate of drug-likeness (QED) is 0.876. The van der Waals surface area contributed by atoms with Gasteiger partial charge in [0.2, 0.25) is 0 Å². The monoisotopic (exact) mass is 304 g/mol. The zero-order chi connectivity index (χ0) is 14.8. The minimum absolute atomic E-state index is 0.0477. The second-order valence-electron chi connectivity index (χ2n) is 5.45. The first-order chi connectivity index (χ1) is 10.2. The van der Waals surface area contributed by atoms with Crippen LogP contribution in [0.3, 0.4) is 0 Å². The van der Waals surface area contributed by atoms with Gasteiger partial charge in [0.05, 0.1) is 5.01 Å². The number of carbonyl (C=O) groups is 1. The fraction of sp³-hybridized carbons (Fsp3) is 0.533. The lowest BCUT2D eigenvalue weighted by atomic mass is 9.98. The molecule has 21 heavy (non-hydrogen) atoms. The third-order valence-corrected chi connectivity index (χ3v) is 4.95. The second-order valence-corrected chi connectivity index (χ2v) is 6.37. The van der Waals surface area contributed by atoms with Crippen LogP contribution >= 0.6 is 11.3 Å². The zero-order valence-corrected chi connectivity index (χ0v) is 13.3. The van der Waals surface area contributed by atoms with Gasteiger partial charge in [-0.3, -0.25) is 9.48 Å². The SMILES string of the molecule is CCn1nc(C(=O)N2CCCC(c3nccs3)C2)cc1C. The van der Waals surface area contributed by atoms with Gasteiger partial charge in [0.1, 0.15) is 0 Å². The van der Waals surface area contributed by atoms with Crippen LogP contribution in [0.25, 0.3) is 0 Å². The van der Waals surface area contributed by atoms with Gasteiger partial charge in [-0.1, -0.05) is 0 Å². The standard InChI is InChI=1S/C15H20N4OS/c1-3-19-11(2)9-13(17-19)15(20)18-7-4-5-12(10-18)14-16-6-8-21-14/h6,8-9,12H,3-5,7,10H2,1-2H3. The van der Waals surface area contributed by atoms with E-state index in [0.29, 0.717) is 11.6 Å². The number of aromatic nitrogens is 3. The van der Waals surface area contributed by atoms with Crippen molar-refractivity contribution in [2.45, 2.75) is 39.2 Å². The molecule has 2 aromatic heterocycles. The highest BCUT2D eigenvalue weighted by Gasteiger charge is 2.28. The molecule has 0 spiro atoms. The summed E-state index contributed by atoms with van der Waals surface area (Å²) in [5, 5.41) is 7.55. The van der Waals surface area contributed by atoms with Gasteiger partial charge in [-0.25, -0.2) is 4.98 Å². The Morgan fingerprint density at radius 3 is 3.05 bits per heavy atom. The van der Waals surface area contributed by atoms with Crippen LogP contribution in [0, 0.1) is 6.92 Å². The van der Waals surface area contributed by atoms with Crippen molar-refractivity contribution in [3.05, 3.63) is 34.0 Å². The van der Waals surface area contributed by atoms with E-state index in [0.717, 1.165) is 43.2 Å². The number of piperidine rings is 1. The molecule has 0 aromatic carbocycles. The van der Waals surface area contributed by atoms with Crippen LogP contribution in [0.2, 0.25) is 0 Å². The summed E-state index contributed by atoms with van der Waals surface area (Å²) in [6.45, 7) is 6.39. The van der Waals surface area contributed by atoms with Crippen molar-refractivity contribution in [3.63, 3.8) is 0 Å². The first-order valence-electron chi connectivity index (χ1n) is 7.42. The minimum Gasteiger partial charge on any atom is -0.337 e. The highest BCUT2D eigenvalue weighted by molar-refractivity contribution is 7.09. The molecular weight excluding hydrogens is 284 g/mol. The Labute approximate surface area is 128 Å². The molecule has 2 aromatic rings. The average Bonchev–Trinajstić information content (AvgIpc) is 3.16. The van der Waals surface area contributed by atoms with E-state index in [1.807, 2.05) is 41.1 Å². The van der Waals surface area contributed by atoms with Crippen LogP contribution in [-0.4, -0.2) is 38.7 Å². The average molecular weight is 304 g/mol. The van der Waals surface area contributed by atoms with Crippen molar-refractivity contribution in [1.82, 2.24) is 19.7 Å². The first-order valence-corrected chi connectivity index (χ1v) is 8.30. The van der Waals surface area contributed by atoms with Gasteiger partial charge >= 0.3 is 0 Å². The normalized spacial score (nSPS) is 19.0. The second kappa shape index (κ2) is 5.97. The van der Waals surface area contributed by atoms with E-state index < -0.39 is 0 Å². The fourth-order valence-corrected chi connectivity index (χ4v) is 3.66. The Morgan fingerprint density at radius 2 is 2.38 bits per heavy atom. The minimum atomic E-state index is 0.0477. The molecule has 0 aliphatic carbocycles. The van der Waals surface area contributed by atoms with E-state index in [1.54, 1.807) is 11.3 Å². The summed E-state index contributed by atoms with van der Waals surface area (Å²) in [4.78, 5) is 19.0. The molecule has 0 bridgehead atoms. The van der Waals surface area contributed by atoms with Gasteiger partial charge in [0.25, 0.3) is 5.91 Å². The van der Waals surface area contributed by atoms with Crippen molar-refractivity contribution < 1.29 is 4.79 Å². The smallest absolute Gasteiger partial charge is 0.274 e. The van der Waals surface area contributed by atoms with E-state index in [9.17, 15) is 4.79 Å². The Kier molecular flexibility index (Phi) is 4.05. The Bertz CT molecular complexity index is 620. The third-order valence-electron chi connectivity index (χ3n) is 4.01. The van der Waals surface area contributed by atoms with Gasteiger partial charge in [0, 0.05) is 42.8 Å². The van der Waals surface area contributed by atoms with Crippen LogP contribution in [0.1, 0.15) is 46.9 Å². The van der Waals surface area contributed by atoms with Crippen molar-refractivity contribution in [1.29, 1.82) is 0 Å². The van der Waals surface area contributed by atoms with Crippen LogP contribution in [0.4, 0.5) is 0 Å². The maximum Gasteiger partial charge on any atom is 0.274 e. The number of likely N-dealkylation sites (tertiary alicyclic amines) is 1. The molecule has 1 unspecified atom stereocenters. The molecule has 112 valence electrons. The number of thiazole rings is 1. The molecular formula is C15H20N4OS. The maximum atomic E-state index is 12.6. The van der Waals surface area contributed by atoms with Crippen molar-refractivity contribution in [3.8, 4) is 0 Å². The lowest BCUT2D eigenvalue weighted by Gasteiger charge is -2.31. The summed E-state index contributed by atoms with van der Waals surface area (Å²) in [7, 11) is 0. The number of rotatable bonds is 3. The molecule has 1 aliphatic rings. The van der Waals surface area contributed by atoms with E-state index in [-0.39, 0.29) is 5.91 Å². The number of amides is 1. The molecule has 3 heterocycles. The maximum absolute atomic E-state index is 12.6. The highest BCUT2D eigenvalue weighted by Crippen LogP contribution is 2.28. The van der Waals surface area contributed by atoms with Gasteiger partial charge in [-0.15, -0.1) is 11.3 Å². The third kappa shape index (κ3) is 2.85.